The van der Waals surface area contributed by atoms with Crippen molar-refractivity contribution in [1.82, 2.24) is 0 Å². The first kappa shape index (κ1) is 17.4. The van der Waals surface area contributed by atoms with Crippen LogP contribution in [0.15, 0.2) is 30.3 Å². The molecule has 1 aromatic carbocycles. The number of hydrogen-bond donors (Lipinski definition) is 2. The minimum absolute atomic E-state index is 0.116. The fourth-order valence-corrected chi connectivity index (χ4v) is 1.93. The van der Waals surface area contributed by atoms with Gasteiger partial charge in [-0.25, -0.2) is 0 Å². The molecule has 1 rings (SSSR count). The molecular weight excluding hydrogens is 274 g/mol. The SMILES string of the molecule is COCC(C)OCC(O)CN(CC(=O)O)c1ccccc1. The lowest BCUT2D eigenvalue weighted by atomic mass is 10.2. The highest BCUT2D eigenvalue weighted by Gasteiger charge is 2.16. The zero-order valence-electron chi connectivity index (χ0n) is 12.4. The second kappa shape index (κ2) is 9.33. The van der Waals surface area contributed by atoms with E-state index in [1.807, 2.05) is 37.3 Å². The van der Waals surface area contributed by atoms with E-state index < -0.39 is 12.1 Å². The predicted molar refractivity (Wildman–Crippen MR) is 79.6 cm³/mol. The first-order valence-corrected chi connectivity index (χ1v) is 6.83. The van der Waals surface area contributed by atoms with Gasteiger partial charge in [-0.05, 0) is 19.1 Å². The second-order valence-electron chi connectivity index (χ2n) is 4.86. The highest BCUT2D eigenvalue weighted by molar-refractivity contribution is 5.73. The van der Waals surface area contributed by atoms with Crippen LogP contribution in [0, 0.1) is 0 Å². The average molecular weight is 297 g/mol. The third-order valence-electron chi connectivity index (χ3n) is 2.85. The van der Waals surface area contributed by atoms with Crippen LogP contribution in [-0.4, -0.2) is 61.8 Å². The van der Waals surface area contributed by atoms with Crippen molar-refractivity contribution in [2.75, 3.05) is 38.3 Å². The van der Waals surface area contributed by atoms with Crippen molar-refractivity contribution >= 4 is 11.7 Å². The summed E-state index contributed by atoms with van der Waals surface area (Å²) in [5, 5.41) is 19.0. The number of nitrogens with zero attached hydrogens (tertiary/aromatic N) is 1. The van der Waals surface area contributed by atoms with Crippen LogP contribution in [0.2, 0.25) is 0 Å². The monoisotopic (exact) mass is 297 g/mol. The van der Waals surface area contributed by atoms with Gasteiger partial charge in [-0.1, -0.05) is 18.2 Å². The number of benzene rings is 1. The van der Waals surface area contributed by atoms with Crippen molar-refractivity contribution in [3.05, 3.63) is 30.3 Å². The smallest absolute Gasteiger partial charge is 0.323 e. The highest BCUT2D eigenvalue weighted by Crippen LogP contribution is 2.13. The van der Waals surface area contributed by atoms with E-state index in [4.69, 9.17) is 14.6 Å². The van der Waals surface area contributed by atoms with Crippen LogP contribution in [0.25, 0.3) is 0 Å². The summed E-state index contributed by atoms with van der Waals surface area (Å²) in [7, 11) is 1.58. The van der Waals surface area contributed by atoms with Gasteiger partial charge >= 0.3 is 5.97 Å². The van der Waals surface area contributed by atoms with Crippen LogP contribution in [0.3, 0.4) is 0 Å². The Balaban J connectivity index is 2.54. The molecule has 0 radical (unpaired) electrons. The van der Waals surface area contributed by atoms with Crippen molar-refractivity contribution in [1.29, 1.82) is 0 Å². The number of carbonyl (C=O) groups is 1. The quantitative estimate of drug-likeness (QED) is 0.670. The molecule has 0 heterocycles. The number of carboxylic acids is 1. The van der Waals surface area contributed by atoms with Crippen LogP contribution in [0.5, 0.6) is 0 Å². The van der Waals surface area contributed by atoms with E-state index in [9.17, 15) is 9.90 Å². The maximum absolute atomic E-state index is 10.9. The normalized spacial score (nSPS) is 13.7. The summed E-state index contributed by atoms with van der Waals surface area (Å²) in [6.07, 6.45) is -0.891. The molecule has 0 aliphatic rings. The number of ether oxygens (including phenoxy) is 2. The van der Waals surface area contributed by atoms with Gasteiger partial charge in [-0.15, -0.1) is 0 Å². The maximum atomic E-state index is 10.9. The number of aliphatic hydroxyl groups is 1. The zero-order valence-corrected chi connectivity index (χ0v) is 12.4. The predicted octanol–water partition coefficient (Wildman–Crippen LogP) is 0.990. The number of para-hydroxylation sites is 1. The Hall–Kier alpha value is -1.63. The molecule has 0 amide bonds. The van der Waals surface area contributed by atoms with Crippen LogP contribution in [0.1, 0.15) is 6.92 Å². The number of hydrogen-bond acceptors (Lipinski definition) is 5. The van der Waals surface area contributed by atoms with Crippen molar-refractivity contribution in [3.8, 4) is 0 Å². The Labute approximate surface area is 124 Å². The first-order valence-electron chi connectivity index (χ1n) is 6.83. The van der Waals surface area contributed by atoms with E-state index in [0.717, 1.165) is 5.69 Å². The van der Waals surface area contributed by atoms with Gasteiger partial charge in [-0.2, -0.15) is 0 Å². The Morgan fingerprint density at radius 1 is 1.29 bits per heavy atom. The molecule has 0 spiro atoms. The molecule has 0 fully saturated rings. The van der Waals surface area contributed by atoms with E-state index in [1.165, 1.54) is 0 Å². The van der Waals surface area contributed by atoms with Crippen molar-refractivity contribution in [3.63, 3.8) is 0 Å². The maximum Gasteiger partial charge on any atom is 0.323 e. The van der Waals surface area contributed by atoms with E-state index in [-0.39, 0.29) is 25.8 Å². The summed E-state index contributed by atoms with van der Waals surface area (Å²) in [5.74, 6) is -0.945. The number of aliphatic hydroxyl groups excluding tert-OH is 1. The Morgan fingerprint density at radius 2 is 1.95 bits per heavy atom. The summed E-state index contributed by atoms with van der Waals surface area (Å²) >= 11 is 0. The van der Waals surface area contributed by atoms with Crippen LogP contribution in [0.4, 0.5) is 5.69 Å². The lowest BCUT2D eigenvalue weighted by Crippen LogP contribution is -2.39. The van der Waals surface area contributed by atoms with Crippen molar-refractivity contribution < 1.29 is 24.5 Å². The molecule has 21 heavy (non-hydrogen) atoms. The van der Waals surface area contributed by atoms with Crippen molar-refractivity contribution in [2.45, 2.75) is 19.1 Å². The molecule has 118 valence electrons. The minimum Gasteiger partial charge on any atom is -0.480 e. The van der Waals surface area contributed by atoms with Gasteiger partial charge in [0, 0.05) is 19.3 Å². The third kappa shape index (κ3) is 7.08. The van der Waals surface area contributed by atoms with Crippen LogP contribution >= 0.6 is 0 Å². The Morgan fingerprint density at radius 3 is 2.52 bits per heavy atom. The first-order chi connectivity index (χ1) is 10.0. The summed E-state index contributed by atoms with van der Waals surface area (Å²) in [5.41, 5.74) is 0.754. The molecule has 2 atom stereocenters. The van der Waals surface area contributed by atoms with E-state index in [2.05, 4.69) is 0 Å². The molecule has 0 aliphatic carbocycles. The Bertz CT molecular complexity index is 412. The van der Waals surface area contributed by atoms with Crippen LogP contribution < -0.4 is 4.90 Å². The number of carboxylic acid groups (broad SMARTS) is 1. The van der Waals surface area contributed by atoms with E-state index in [0.29, 0.717) is 6.61 Å². The minimum atomic E-state index is -0.945. The Kier molecular flexibility index (Phi) is 7.74. The van der Waals surface area contributed by atoms with Gasteiger partial charge in [0.15, 0.2) is 0 Å². The molecule has 6 nitrogen and oxygen atoms in total. The van der Waals surface area contributed by atoms with Gasteiger partial charge < -0.3 is 24.6 Å². The van der Waals surface area contributed by atoms with Gasteiger partial charge in [0.25, 0.3) is 0 Å². The molecule has 0 saturated carbocycles. The molecule has 0 aliphatic heterocycles. The van der Waals surface area contributed by atoms with E-state index in [1.54, 1.807) is 12.0 Å². The van der Waals surface area contributed by atoms with Gasteiger partial charge in [0.05, 0.1) is 25.4 Å². The lowest BCUT2D eigenvalue weighted by Gasteiger charge is -2.26. The number of anilines is 1. The molecule has 0 saturated heterocycles. The van der Waals surface area contributed by atoms with Gasteiger partial charge in [0.1, 0.15) is 6.54 Å². The number of methoxy groups -OCH3 is 1. The summed E-state index contributed by atoms with van der Waals surface area (Å²) < 4.78 is 10.4. The highest BCUT2D eigenvalue weighted by atomic mass is 16.5. The zero-order chi connectivity index (χ0) is 15.7. The topological polar surface area (TPSA) is 79.2 Å². The molecule has 2 N–H and O–H groups in total. The van der Waals surface area contributed by atoms with Crippen LogP contribution in [-0.2, 0) is 14.3 Å². The number of aliphatic carboxylic acids is 1. The fourth-order valence-electron chi connectivity index (χ4n) is 1.93. The molecule has 6 heteroatoms. The molecule has 0 aromatic heterocycles. The summed E-state index contributed by atoms with van der Waals surface area (Å²) in [6.45, 7) is 2.45. The van der Waals surface area contributed by atoms with E-state index >= 15 is 0 Å². The second-order valence-corrected chi connectivity index (χ2v) is 4.86. The fraction of sp³-hybridized carbons (Fsp3) is 0.533. The molecule has 2 unspecified atom stereocenters. The summed E-state index contributed by atoms with van der Waals surface area (Å²) in [4.78, 5) is 12.6. The summed E-state index contributed by atoms with van der Waals surface area (Å²) in [6, 6.07) is 9.13. The molecule has 1 aromatic rings. The largest absolute Gasteiger partial charge is 0.480 e. The molecule has 0 bridgehead atoms. The average Bonchev–Trinajstić information content (AvgIpc) is 2.45. The third-order valence-corrected chi connectivity index (χ3v) is 2.85. The molecular formula is C15H23NO5. The lowest BCUT2D eigenvalue weighted by molar-refractivity contribution is -0.135. The standard InChI is InChI=1S/C15H23NO5/c1-12(10-20-2)21-11-14(17)8-16(9-15(18)19)13-6-4-3-5-7-13/h3-7,12,14,17H,8-11H2,1-2H3,(H,18,19). The van der Waals surface area contributed by atoms with Crippen molar-refractivity contribution in [2.24, 2.45) is 0 Å². The number of rotatable bonds is 10. The van der Waals surface area contributed by atoms with Gasteiger partial charge in [0.2, 0.25) is 0 Å². The van der Waals surface area contributed by atoms with Gasteiger partial charge in [-0.3, -0.25) is 4.79 Å².